The second kappa shape index (κ2) is 7.46. The summed E-state index contributed by atoms with van der Waals surface area (Å²) >= 11 is 9.31. The monoisotopic (exact) mass is 441 g/mol. The molecule has 0 radical (unpaired) electrons. The summed E-state index contributed by atoms with van der Waals surface area (Å²) in [5.41, 5.74) is 2.87. The molecule has 2 aromatic heterocycles. The molecule has 2 heterocycles. The van der Waals surface area contributed by atoms with Gasteiger partial charge in [-0.05, 0) is 42.5 Å². The van der Waals surface area contributed by atoms with Crippen LogP contribution in [0.5, 0.6) is 0 Å². The van der Waals surface area contributed by atoms with E-state index in [0.29, 0.717) is 22.1 Å². The first-order chi connectivity index (χ1) is 13.1. The molecule has 0 saturated carbocycles. The Morgan fingerprint density at radius 3 is 2.67 bits per heavy atom. The van der Waals surface area contributed by atoms with Gasteiger partial charge in [-0.25, -0.2) is 0 Å². The fraction of sp³-hybridized carbons (Fsp3) is 0.0526. The van der Waals surface area contributed by atoms with Gasteiger partial charge in [0.1, 0.15) is 0 Å². The Balaban J connectivity index is 1.58. The van der Waals surface area contributed by atoms with Crippen LogP contribution in [0.4, 0.5) is 0 Å². The van der Waals surface area contributed by atoms with Crippen LogP contribution < -0.4 is 5.32 Å². The van der Waals surface area contributed by atoms with Gasteiger partial charge in [-0.15, -0.1) is 10.2 Å². The predicted molar refractivity (Wildman–Crippen MR) is 107 cm³/mol. The maximum absolute atomic E-state index is 12.3. The van der Waals surface area contributed by atoms with E-state index in [0.717, 1.165) is 15.7 Å². The van der Waals surface area contributed by atoms with Crippen LogP contribution in [0.2, 0.25) is 5.02 Å². The Labute approximate surface area is 168 Å². The minimum absolute atomic E-state index is 0.193. The van der Waals surface area contributed by atoms with Gasteiger partial charge >= 0.3 is 0 Å². The quantitative estimate of drug-likeness (QED) is 0.516. The Morgan fingerprint density at radius 1 is 1.07 bits per heavy atom. The van der Waals surface area contributed by atoms with Crippen molar-refractivity contribution in [2.75, 3.05) is 0 Å². The summed E-state index contributed by atoms with van der Waals surface area (Å²) in [5, 5.41) is 16.3. The summed E-state index contributed by atoms with van der Waals surface area (Å²) in [6.07, 6.45) is 0. The average Bonchev–Trinajstić information content (AvgIpc) is 3.09. The van der Waals surface area contributed by atoms with Crippen LogP contribution in [-0.4, -0.2) is 25.7 Å². The third-order valence-electron chi connectivity index (χ3n) is 3.96. The zero-order chi connectivity index (χ0) is 18.8. The number of hydrogen-bond donors (Lipinski definition) is 1. The van der Waals surface area contributed by atoms with E-state index in [1.165, 1.54) is 0 Å². The van der Waals surface area contributed by atoms with E-state index in [1.807, 2.05) is 48.5 Å². The molecule has 0 unspecified atom stereocenters. The number of hydrogen-bond acceptors (Lipinski definition) is 4. The van der Waals surface area contributed by atoms with Gasteiger partial charge in [-0.3, -0.25) is 4.79 Å². The van der Waals surface area contributed by atoms with Gasteiger partial charge in [0.05, 0.1) is 12.2 Å². The molecule has 0 saturated heterocycles. The molecule has 0 spiro atoms. The molecule has 0 fully saturated rings. The lowest BCUT2D eigenvalue weighted by atomic mass is 10.1. The third kappa shape index (κ3) is 3.84. The smallest absolute Gasteiger partial charge is 0.251 e. The van der Waals surface area contributed by atoms with Crippen molar-refractivity contribution in [3.63, 3.8) is 0 Å². The molecule has 0 aliphatic heterocycles. The Hall–Kier alpha value is -2.77. The normalized spacial score (nSPS) is 10.9. The minimum atomic E-state index is -0.193. The number of nitrogens with one attached hydrogen (secondary N) is 1. The van der Waals surface area contributed by atoms with Crippen LogP contribution in [0.1, 0.15) is 16.2 Å². The molecule has 2 aromatic carbocycles. The van der Waals surface area contributed by atoms with Crippen LogP contribution in [-0.2, 0) is 6.54 Å². The first-order valence-corrected chi connectivity index (χ1v) is 9.28. The second-order valence-corrected chi connectivity index (χ2v) is 7.16. The van der Waals surface area contributed by atoms with Crippen LogP contribution in [0.25, 0.3) is 16.9 Å². The number of carbonyl (C=O) groups is 1. The van der Waals surface area contributed by atoms with E-state index in [2.05, 4.69) is 36.5 Å². The largest absolute Gasteiger partial charge is 0.345 e. The molecule has 27 heavy (non-hydrogen) atoms. The van der Waals surface area contributed by atoms with Crippen molar-refractivity contribution in [2.24, 2.45) is 0 Å². The number of nitrogens with zero attached hydrogens (tertiary/aromatic N) is 4. The summed E-state index contributed by atoms with van der Waals surface area (Å²) in [4.78, 5) is 12.3. The lowest BCUT2D eigenvalue weighted by Gasteiger charge is -2.06. The van der Waals surface area contributed by atoms with Crippen molar-refractivity contribution >= 4 is 39.1 Å². The Bertz CT molecular complexity index is 1130. The molecule has 4 aromatic rings. The standard InChI is InChI=1S/C19H13BrClN5O/c20-14-3-1-2-13(10-14)19(27)22-11-18-24-23-17-9-8-16(25-26(17)18)12-4-6-15(21)7-5-12/h1-10H,11H2,(H,22,27). The molecule has 1 amide bonds. The average molecular weight is 443 g/mol. The lowest BCUT2D eigenvalue weighted by molar-refractivity contribution is 0.0949. The number of rotatable bonds is 4. The van der Waals surface area contributed by atoms with Crippen molar-refractivity contribution in [3.05, 3.63) is 81.5 Å². The molecular weight excluding hydrogens is 430 g/mol. The highest BCUT2D eigenvalue weighted by atomic mass is 79.9. The van der Waals surface area contributed by atoms with E-state index in [-0.39, 0.29) is 12.5 Å². The van der Waals surface area contributed by atoms with Gasteiger partial charge in [-0.2, -0.15) is 9.61 Å². The van der Waals surface area contributed by atoms with E-state index >= 15 is 0 Å². The van der Waals surface area contributed by atoms with E-state index < -0.39 is 0 Å². The first-order valence-electron chi connectivity index (χ1n) is 8.11. The SMILES string of the molecule is O=C(NCc1nnc2ccc(-c3ccc(Cl)cc3)nn12)c1cccc(Br)c1. The molecule has 0 bridgehead atoms. The topological polar surface area (TPSA) is 72.2 Å². The van der Waals surface area contributed by atoms with Crippen molar-refractivity contribution in [2.45, 2.75) is 6.54 Å². The molecule has 134 valence electrons. The van der Waals surface area contributed by atoms with Gasteiger partial charge in [0.25, 0.3) is 5.91 Å². The predicted octanol–water partition coefficient (Wildman–Crippen LogP) is 4.14. The molecule has 1 N–H and O–H groups in total. The maximum Gasteiger partial charge on any atom is 0.251 e. The number of halogens is 2. The number of carbonyl (C=O) groups excluding carboxylic acids is 1. The highest BCUT2D eigenvalue weighted by molar-refractivity contribution is 9.10. The maximum atomic E-state index is 12.3. The van der Waals surface area contributed by atoms with Crippen LogP contribution >= 0.6 is 27.5 Å². The Kier molecular flexibility index (Phi) is 4.87. The van der Waals surface area contributed by atoms with E-state index in [4.69, 9.17) is 11.6 Å². The van der Waals surface area contributed by atoms with Gasteiger partial charge in [0.2, 0.25) is 0 Å². The fourth-order valence-electron chi connectivity index (χ4n) is 2.61. The summed E-state index contributed by atoms with van der Waals surface area (Å²) in [5.74, 6) is 0.353. The molecule has 6 nitrogen and oxygen atoms in total. The number of amides is 1. The highest BCUT2D eigenvalue weighted by Gasteiger charge is 2.11. The zero-order valence-corrected chi connectivity index (χ0v) is 16.3. The van der Waals surface area contributed by atoms with Crippen LogP contribution in [0.3, 0.4) is 0 Å². The highest BCUT2D eigenvalue weighted by Crippen LogP contribution is 2.20. The van der Waals surface area contributed by atoms with Crippen LogP contribution in [0, 0.1) is 0 Å². The van der Waals surface area contributed by atoms with Gasteiger partial charge in [-0.1, -0.05) is 45.7 Å². The van der Waals surface area contributed by atoms with Crippen molar-refractivity contribution in [1.82, 2.24) is 25.1 Å². The second-order valence-electron chi connectivity index (χ2n) is 5.80. The molecule has 4 rings (SSSR count). The third-order valence-corrected chi connectivity index (χ3v) is 4.71. The molecule has 0 atom stereocenters. The van der Waals surface area contributed by atoms with Crippen LogP contribution in [0.15, 0.2) is 65.1 Å². The zero-order valence-electron chi connectivity index (χ0n) is 13.9. The van der Waals surface area contributed by atoms with Gasteiger partial charge in [0, 0.05) is 20.6 Å². The number of benzene rings is 2. The van der Waals surface area contributed by atoms with Crippen molar-refractivity contribution < 1.29 is 4.79 Å². The molecular formula is C19H13BrClN5O. The minimum Gasteiger partial charge on any atom is -0.345 e. The van der Waals surface area contributed by atoms with Crippen molar-refractivity contribution in [3.8, 4) is 11.3 Å². The summed E-state index contributed by atoms with van der Waals surface area (Å²) in [6.45, 7) is 0.212. The van der Waals surface area contributed by atoms with E-state index in [9.17, 15) is 4.79 Å². The van der Waals surface area contributed by atoms with Crippen molar-refractivity contribution in [1.29, 1.82) is 0 Å². The molecule has 8 heteroatoms. The number of aromatic nitrogens is 4. The fourth-order valence-corrected chi connectivity index (χ4v) is 3.13. The summed E-state index contributed by atoms with van der Waals surface area (Å²) in [7, 11) is 0. The lowest BCUT2D eigenvalue weighted by Crippen LogP contribution is -2.24. The van der Waals surface area contributed by atoms with Gasteiger partial charge in [0.15, 0.2) is 11.5 Å². The molecule has 0 aliphatic carbocycles. The summed E-state index contributed by atoms with van der Waals surface area (Å²) < 4.78 is 2.47. The first kappa shape index (κ1) is 17.6. The Morgan fingerprint density at radius 2 is 1.89 bits per heavy atom. The van der Waals surface area contributed by atoms with E-state index in [1.54, 1.807) is 16.6 Å². The molecule has 0 aliphatic rings. The number of fused-ring (bicyclic) bond motifs is 1. The van der Waals surface area contributed by atoms with Gasteiger partial charge < -0.3 is 5.32 Å². The summed E-state index contributed by atoms with van der Waals surface area (Å²) in [6, 6.07) is 18.3.